The minimum atomic E-state index is 0.420. The number of hydrogen-bond donors (Lipinski definition) is 1. The highest BCUT2D eigenvalue weighted by molar-refractivity contribution is 6.31. The minimum Gasteiger partial charge on any atom is -0.436 e. The Morgan fingerprint density at radius 1 is 1.22 bits per heavy atom. The second kappa shape index (κ2) is 4.40. The zero-order chi connectivity index (χ0) is 12.5. The van der Waals surface area contributed by atoms with Gasteiger partial charge in [0.1, 0.15) is 5.52 Å². The molecule has 0 amide bonds. The lowest BCUT2D eigenvalue weighted by Crippen LogP contribution is -1.98. The van der Waals surface area contributed by atoms with Crippen molar-refractivity contribution in [1.29, 1.82) is 0 Å². The van der Waals surface area contributed by atoms with E-state index >= 15 is 0 Å². The Hall–Kier alpha value is -1.91. The summed E-state index contributed by atoms with van der Waals surface area (Å²) in [6.45, 7) is 0.420. The Morgan fingerprint density at radius 3 is 2.83 bits per heavy atom. The first-order chi connectivity index (χ1) is 8.76. The Balaban J connectivity index is 2.07. The summed E-state index contributed by atoms with van der Waals surface area (Å²) in [5, 5.41) is 0.627. The molecule has 90 valence electrons. The summed E-state index contributed by atoms with van der Waals surface area (Å²) in [4.78, 5) is 8.59. The van der Waals surface area contributed by atoms with E-state index in [1.54, 1.807) is 18.3 Å². The molecule has 0 radical (unpaired) electrons. The van der Waals surface area contributed by atoms with Crippen molar-refractivity contribution in [3.8, 4) is 11.5 Å². The van der Waals surface area contributed by atoms with Crippen molar-refractivity contribution >= 4 is 22.7 Å². The molecule has 2 N–H and O–H groups in total. The van der Waals surface area contributed by atoms with E-state index in [4.69, 9.17) is 21.8 Å². The van der Waals surface area contributed by atoms with Gasteiger partial charge in [0.15, 0.2) is 5.58 Å². The van der Waals surface area contributed by atoms with Gasteiger partial charge in [-0.1, -0.05) is 11.6 Å². The van der Waals surface area contributed by atoms with Crippen LogP contribution in [-0.2, 0) is 6.54 Å². The fourth-order valence-electron chi connectivity index (χ4n) is 1.69. The van der Waals surface area contributed by atoms with Crippen molar-refractivity contribution in [1.82, 2.24) is 9.97 Å². The zero-order valence-corrected chi connectivity index (χ0v) is 10.2. The molecule has 0 aliphatic rings. The molecule has 4 nitrogen and oxygen atoms in total. The van der Waals surface area contributed by atoms with E-state index in [1.807, 2.05) is 18.2 Å². The van der Waals surface area contributed by atoms with Crippen LogP contribution in [0.2, 0.25) is 5.02 Å². The molecule has 0 bridgehead atoms. The quantitative estimate of drug-likeness (QED) is 0.768. The average molecular weight is 260 g/mol. The van der Waals surface area contributed by atoms with Gasteiger partial charge in [0.2, 0.25) is 5.89 Å². The summed E-state index contributed by atoms with van der Waals surface area (Å²) in [6.07, 6.45) is 1.70. The minimum absolute atomic E-state index is 0.420. The second-order valence-electron chi connectivity index (χ2n) is 3.87. The zero-order valence-electron chi connectivity index (χ0n) is 9.43. The van der Waals surface area contributed by atoms with Crippen LogP contribution in [0.3, 0.4) is 0 Å². The molecule has 0 unspecified atom stereocenters. The molecule has 1 aromatic carbocycles. The van der Waals surface area contributed by atoms with Gasteiger partial charge in [-0.25, -0.2) is 4.98 Å². The van der Waals surface area contributed by atoms with E-state index in [1.165, 1.54) is 0 Å². The van der Waals surface area contributed by atoms with Crippen LogP contribution in [0.1, 0.15) is 5.69 Å². The van der Waals surface area contributed by atoms with Gasteiger partial charge in [-0.05, 0) is 24.3 Å². The van der Waals surface area contributed by atoms with Crippen LogP contribution in [0, 0.1) is 0 Å². The maximum Gasteiger partial charge on any atom is 0.228 e. The van der Waals surface area contributed by atoms with Crippen LogP contribution in [-0.4, -0.2) is 9.97 Å². The van der Waals surface area contributed by atoms with E-state index in [0.29, 0.717) is 23.0 Å². The fourth-order valence-corrected chi connectivity index (χ4v) is 1.86. The van der Waals surface area contributed by atoms with Gasteiger partial charge in [0, 0.05) is 23.8 Å². The van der Waals surface area contributed by atoms with Crippen molar-refractivity contribution in [2.24, 2.45) is 5.73 Å². The second-order valence-corrected chi connectivity index (χ2v) is 4.31. The highest BCUT2D eigenvalue weighted by atomic mass is 35.5. The standard InChI is InChI=1S/C13H10ClN3O/c14-9-2-4-11-12(5-9)18-13(17-11)8-1-3-10(6-15)16-7-8/h1-5,7H,6,15H2. The largest absolute Gasteiger partial charge is 0.436 e. The number of nitrogens with zero attached hydrogens (tertiary/aromatic N) is 2. The lowest BCUT2D eigenvalue weighted by atomic mass is 10.2. The molecule has 5 heteroatoms. The molecular weight excluding hydrogens is 250 g/mol. The Labute approximate surface area is 108 Å². The Kier molecular flexibility index (Phi) is 2.74. The summed E-state index contributed by atoms with van der Waals surface area (Å²) < 4.78 is 5.64. The SMILES string of the molecule is NCc1ccc(-c2nc3ccc(Cl)cc3o2)cn1. The van der Waals surface area contributed by atoms with Crippen molar-refractivity contribution in [3.05, 3.63) is 47.2 Å². The summed E-state index contributed by atoms with van der Waals surface area (Å²) in [5.74, 6) is 0.531. The predicted molar refractivity (Wildman–Crippen MR) is 70.1 cm³/mol. The van der Waals surface area contributed by atoms with Crippen molar-refractivity contribution < 1.29 is 4.42 Å². The van der Waals surface area contributed by atoms with Crippen LogP contribution in [0.4, 0.5) is 0 Å². The molecule has 2 aromatic heterocycles. The first-order valence-electron chi connectivity index (χ1n) is 5.48. The van der Waals surface area contributed by atoms with Gasteiger partial charge >= 0.3 is 0 Å². The monoisotopic (exact) mass is 259 g/mol. The van der Waals surface area contributed by atoms with Crippen LogP contribution < -0.4 is 5.73 Å². The third kappa shape index (κ3) is 1.96. The molecule has 0 aliphatic carbocycles. The van der Waals surface area contributed by atoms with Gasteiger partial charge in [-0.3, -0.25) is 4.98 Å². The number of pyridine rings is 1. The number of hydrogen-bond acceptors (Lipinski definition) is 4. The van der Waals surface area contributed by atoms with E-state index in [0.717, 1.165) is 16.8 Å². The van der Waals surface area contributed by atoms with Gasteiger partial charge < -0.3 is 10.2 Å². The fraction of sp³-hybridized carbons (Fsp3) is 0.0769. The number of rotatable bonds is 2. The molecule has 0 saturated carbocycles. The average Bonchev–Trinajstić information content (AvgIpc) is 2.81. The molecule has 2 heterocycles. The predicted octanol–water partition coefficient (Wildman–Crippen LogP) is 3.00. The third-order valence-electron chi connectivity index (χ3n) is 2.63. The maximum absolute atomic E-state index is 5.90. The normalized spacial score (nSPS) is 11.0. The molecule has 0 saturated heterocycles. The summed E-state index contributed by atoms with van der Waals surface area (Å²) >= 11 is 5.90. The molecule has 0 atom stereocenters. The van der Waals surface area contributed by atoms with Crippen LogP contribution in [0.25, 0.3) is 22.6 Å². The summed E-state index contributed by atoms with van der Waals surface area (Å²) in [7, 11) is 0. The maximum atomic E-state index is 5.90. The Bertz CT molecular complexity index is 691. The van der Waals surface area contributed by atoms with Crippen molar-refractivity contribution in [2.75, 3.05) is 0 Å². The highest BCUT2D eigenvalue weighted by Gasteiger charge is 2.08. The summed E-state index contributed by atoms with van der Waals surface area (Å²) in [5.41, 5.74) is 8.59. The molecule has 3 rings (SSSR count). The van der Waals surface area contributed by atoms with Gasteiger partial charge in [0.05, 0.1) is 11.3 Å². The number of fused-ring (bicyclic) bond motifs is 1. The molecular formula is C13H10ClN3O. The van der Waals surface area contributed by atoms with E-state index in [2.05, 4.69) is 9.97 Å². The van der Waals surface area contributed by atoms with Gasteiger partial charge in [-0.2, -0.15) is 0 Å². The Morgan fingerprint density at radius 2 is 2.11 bits per heavy atom. The van der Waals surface area contributed by atoms with Crippen LogP contribution in [0.15, 0.2) is 40.9 Å². The van der Waals surface area contributed by atoms with E-state index in [-0.39, 0.29) is 0 Å². The molecule has 0 aliphatic heterocycles. The van der Waals surface area contributed by atoms with Crippen molar-refractivity contribution in [3.63, 3.8) is 0 Å². The lowest BCUT2D eigenvalue weighted by molar-refractivity contribution is 0.619. The van der Waals surface area contributed by atoms with Crippen LogP contribution >= 0.6 is 11.6 Å². The lowest BCUT2D eigenvalue weighted by Gasteiger charge is -1.96. The van der Waals surface area contributed by atoms with E-state index < -0.39 is 0 Å². The smallest absolute Gasteiger partial charge is 0.228 e. The molecule has 18 heavy (non-hydrogen) atoms. The highest BCUT2D eigenvalue weighted by Crippen LogP contribution is 2.25. The number of oxazole rings is 1. The molecule has 0 fully saturated rings. The third-order valence-corrected chi connectivity index (χ3v) is 2.87. The first-order valence-corrected chi connectivity index (χ1v) is 5.85. The van der Waals surface area contributed by atoms with E-state index in [9.17, 15) is 0 Å². The van der Waals surface area contributed by atoms with Crippen LogP contribution in [0.5, 0.6) is 0 Å². The first kappa shape index (κ1) is 11.2. The number of halogens is 1. The summed E-state index contributed by atoms with van der Waals surface area (Å²) in [6, 6.07) is 9.10. The van der Waals surface area contributed by atoms with Crippen molar-refractivity contribution in [2.45, 2.75) is 6.54 Å². The number of nitrogens with two attached hydrogens (primary N) is 1. The molecule has 0 spiro atoms. The number of aromatic nitrogens is 2. The number of benzene rings is 1. The molecule has 3 aromatic rings. The van der Waals surface area contributed by atoms with Gasteiger partial charge in [-0.15, -0.1) is 0 Å². The van der Waals surface area contributed by atoms with Gasteiger partial charge in [0.25, 0.3) is 0 Å². The topological polar surface area (TPSA) is 64.9 Å².